The number of hydrogen-bond acceptors (Lipinski definition) is 3. The minimum Gasteiger partial charge on any atom is -0.491 e. The molecule has 0 aliphatic rings. The molecule has 0 saturated heterocycles. The van der Waals surface area contributed by atoms with E-state index in [2.05, 4.69) is 10.1 Å². The van der Waals surface area contributed by atoms with Gasteiger partial charge in [-0.2, -0.15) is 0 Å². The van der Waals surface area contributed by atoms with Crippen LogP contribution in [0.3, 0.4) is 0 Å². The molecule has 0 aromatic heterocycles. The molecule has 0 unspecified atom stereocenters. The SMILES string of the molecule is COc1c(F)cc(NC(=O)CN(C)Cc2ccccc2)cc1F. The minimum atomic E-state index is -0.861. The van der Waals surface area contributed by atoms with Gasteiger partial charge in [0.05, 0.1) is 13.7 Å². The van der Waals surface area contributed by atoms with Gasteiger partial charge in [0.25, 0.3) is 0 Å². The van der Waals surface area contributed by atoms with Crippen LogP contribution >= 0.6 is 0 Å². The van der Waals surface area contributed by atoms with Crippen molar-refractivity contribution >= 4 is 11.6 Å². The molecule has 122 valence electrons. The van der Waals surface area contributed by atoms with E-state index in [1.54, 1.807) is 11.9 Å². The Morgan fingerprint density at radius 1 is 1.17 bits per heavy atom. The number of carbonyl (C=O) groups is 1. The highest BCUT2D eigenvalue weighted by Crippen LogP contribution is 2.25. The number of amides is 1. The summed E-state index contributed by atoms with van der Waals surface area (Å²) < 4.78 is 31.8. The molecule has 1 amide bonds. The summed E-state index contributed by atoms with van der Waals surface area (Å²) in [5.41, 5.74) is 1.13. The molecule has 0 bridgehead atoms. The molecule has 0 atom stereocenters. The third kappa shape index (κ3) is 4.75. The number of nitrogens with zero attached hydrogens (tertiary/aromatic N) is 1. The first-order valence-electron chi connectivity index (χ1n) is 7.05. The van der Waals surface area contributed by atoms with Gasteiger partial charge in [0, 0.05) is 24.4 Å². The van der Waals surface area contributed by atoms with Crippen molar-refractivity contribution in [3.05, 3.63) is 59.7 Å². The summed E-state index contributed by atoms with van der Waals surface area (Å²) in [5, 5.41) is 2.48. The van der Waals surface area contributed by atoms with Gasteiger partial charge in [-0.05, 0) is 12.6 Å². The van der Waals surface area contributed by atoms with Crippen LogP contribution in [0.15, 0.2) is 42.5 Å². The number of halogens is 2. The normalized spacial score (nSPS) is 10.7. The van der Waals surface area contributed by atoms with E-state index in [-0.39, 0.29) is 18.1 Å². The lowest BCUT2D eigenvalue weighted by atomic mass is 10.2. The van der Waals surface area contributed by atoms with Gasteiger partial charge in [-0.3, -0.25) is 9.69 Å². The molecule has 2 aromatic rings. The van der Waals surface area contributed by atoms with Gasteiger partial charge >= 0.3 is 0 Å². The third-order valence-corrected chi connectivity index (χ3v) is 3.20. The Morgan fingerprint density at radius 2 is 1.78 bits per heavy atom. The maximum absolute atomic E-state index is 13.6. The average molecular weight is 320 g/mol. The summed E-state index contributed by atoms with van der Waals surface area (Å²) in [6, 6.07) is 11.7. The Labute approximate surface area is 133 Å². The zero-order chi connectivity index (χ0) is 16.8. The topological polar surface area (TPSA) is 41.6 Å². The number of likely N-dealkylation sites (N-methyl/N-ethyl adjacent to an activating group) is 1. The summed E-state index contributed by atoms with van der Waals surface area (Å²) in [6.45, 7) is 0.698. The number of methoxy groups -OCH3 is 1. The predicted octanol–water partition coefficient (Wildman–Crippen LogP) is 3.04. The maximum atomic E-state index is 13.6. The van der Waals surface area contributed by atoms with Crippen LogP contribution < -0.4 is 10.1 Å². The molecule has 0 fully saturated rings. The van der Waals surface area contributed by atoms with Gasteiger partial charge < -0.3 is 10.1 Å². The molecule has 23 heavy (non-hydrogen) atoms. The van der Waals surface area contributed by atoms with Crippen LogP contribution in [0.25, 0.3) is 0 Å². The quantitative estimate of drug-likeness (QED) is 0.889. The van der Waals surface area contributed by atoms with Crippen LogP contribution in [0.2, 0.25) is 0 Å². The van der Waals surface area contributed by atoms with E-state index in [0.29, 0.717) is 6.54 Å². The number of hydrogen-bond donors (Lipinski definition) is 1. The Bertz CT molecular complexity index is 655. The summed E-state index contributed by atoms with van der Waals surface area (Å²) in [5.74, 6) is -2.54. The first-order valence-corrected chi connectivity index (χ1v) is 7.05. The molecule has 0 heterocycles. The smallest absolute Gasteiger partial charge is 0.238 e. The standard InChI is InChI=1S/C17H18F2N2O2/c1-21(10-12-6-4-3-5-7-12)11-16(22)20-13-8-14(18)17(23-2)15(19)9-13/h3-9H,10-11H2,1-2H3,(H,20,22). The fourth-order valence-corrected chi connectivity index (χ4v) is 2.22. The van der Waals surface area contributed by atoms with Crippen LogP contribution in [-0.4, -0.2) is 31.5 Å². The van der Waals surface area contributed by atoms with Crippen LogP contribution in [0.5, 0.6) is 5.75 Å². The van der Waals surface area contributed by atoms with E-state index in [9.17, 15) is 13.6 Å². The summed E-state index contributed by atoms with van der Waals surface area (Å²) >= 11 is 0. The van der Waals surface area contributed by atoms with Gasteiger partial charge in [-0.25, -0.2) is 8.78 Å². The third-order valence-electron chi connectivity index (χ3n) is 3.20. The number of ether oxygens (including phenoxy) is 1. The lowest BCUT2D eigenvalue weighted by molar-refractivity contribution is -0.117. The van der Waals surface area contributed by atoms with Crippen molar-refractivity contribution in [1.29, 1.82) is 0 Å². The molecular weight excluding hydrogens is 302 g/mol. The molecular formula is C17H18F2N2O2. The largest absolute Gasteiger partial charge is 0.491 e. The van der Waals surface area contributed by atoms with Crippen LogP contribution in [0.4, 0.5) is 14.5 Å². The molecule has 6 heteroatoms. The van der Waals surface area contributed by atoms with Gasteiger partial charge in [-0.15, -0.1) is 0 Å². The molecule has 0 aliphatic heterocycles. The van der Waals surface area contributed by atoms with E-state index < -0.39 is 17.4 Å². The highest BCUT2D eigenvalue weighted by molar-refractivity contribution is 5.92. The lowest BCUT2D eigenvalue weighted by Gasteiger charge is -2.16. The highest BCUT2D eigenvalue weighted by Gasteiger charge is 2.14. The van der Waals surface area contributed by atoms with Gasteiger partial charge in [0.2, 0.25) is 5.91 Å². The van der Waals surface area contributed by atoms with Crippen LogP contribution in [0.1, 0.15) is 5.56 Å². The average Bonchev–Trinajstić information content (AvgIpc) is 2.47. The molecule has 0 radical (unpaired) electrons. The number of rotatable bonds is 6. The molecule has 0 spiro atoms. The maximum Gasteiger partial charge on any atom is 0.238 e. The van der Waals surface area contributed by atoms with Crippen LogP contribution in [0, 0.1) is 11.6 Å². The first kappa shape index (κ1) is 16.9. The zero-order valence-electron chi connectivity index (χ0n) is 13.0. The van der Waals surface area contributed by atoms with Crippen LogP contribution in [-0.2, 0) is 11.3 Å². The molecule has 4 nitrogen and oxygen atoms in total. The Kier molecular flexibility index (Phi) is 5.65. The van der Waals surface area contributed by atoms with E-state index in [1.807, 2.05) is 30.3 Å². The van der Waals surface area contributed by atoms with Crippen molar-refractivity contribution in [3.8, 4) is 5.75 Å². The Balaban J connectivity index is 1.94. The summed E-state index contributed by atoms with van der Waals surface area (Å²) in [7, 11) is 2.97. The summed E-state index contributed by atoms with van der Waals surface area (Å²) in [4.78, 5) is 13.8. The van der Waals surface area contributed by atoms with Gasteiger partial charge in [0.1, 0.15) is 0 Å². The number of carbonyl (C=O) groups excluding carboxylic acids is 1. The van der Waals surface area contributed by atoms with E-state index in [4.69, 9.17) is 0 Å². The predicted molar refractivity (Wildman–Crippen MR) is 84.3 cm³/mol. The lowest BCUT2D eigenvalue weighted by Crippen LogP contribution is -2.29. The number of nitrogens with one attached hydrogen (secondary N) is 1. The molecule has 0 aliphatic carbocycles. The van der Waals surface area contributed by atoms with E-state index >= 15 is 0 Å². The van der Waals surface area contributed by atoms with Crippen molar-refractivity contribution in [3.63, 3.8) is 0 Å². The Hall–Kier alpha value is -2.47. The van der Waals surface area contributed by atoms with E-state index in [1.165, 1.54) is 7.11 Å². The van der Waals surface area contributed by atoms with E-state index in [0.717, 1.165) is 17.7 Å². The number of benzene rings is 2. The monoisotopic (exact) mass is 320 g/mol. The second-order valence-corrected chi connectivity index (χ2v) is 5.18. The van der Waals surface area contributed by atoms with Crippen molar-refractivity contribution < 1.29 is 18.3 Å². The van der Waals surface area contributed by atoms with Crippen molar-refractivity contribution in [1.82, 2.24) is 4.90 Å². The van der Waals surface area contributed by atoms with Crippen molar-refractivity contribution in [2.24, 2.45) is 0 Å². The first-order chi connectivity index (χ1) is 11.0. The molecule has 2 rings (SSSR count). The minimum absolute atomic E-state index is 0.0545. The zero-order valence-corrected chi connectivity index (χ0v) is 13.0. The van der Waals surface area contributed by atoms with Gasteiger partial charge in [-0.1, -0.05) is 30.3 Å². The number of anilines is 1. The fraction of sp³-hybridized carbons (Fsp3) is 0.235. The van der Waals surface area contributed by atoms with Gasteiger partial charge in [0.15, 0.2) is 17.4 Å². The molecule has 0 saturated carbocycles. The molecule has 2 aromatic carbocycles. The fourth-order valence-electron chi connectivity index (χ4n) is 2.22. The van der Waals surface area contributed by atoms with Crippen molar-refractivity contribution in [2.45, 2.75) is 6.54 Å². The molecule has 1 N–H and O–H groups in total. The van der Waals surface area contributed by atoms with Crippen molar-refractivity contribution in [2.75, 3.05) is 26.0 Å². The Morgan fingerprint density at radius 3 is 2.35 bits per heavy atom. The second kappa shape index (κ2) is 7.69. The highest BCUT2D eigenvalue weighted by atomic mass is 19.1. The second-order valence-electron chi connectivity index (χ2n) is 5.18. The summed E-state index contributed by atoms with van der Waals surface area (Å²) in [6.07, 6.45) is 0.